The topological polar surface area (TPSA) is 78.5 Å². The maximum absolute atomic E-state index is 8.67. The van der Waals surface area contributed by atoms with Crippen LogP contribution in [0.4, 0.5) is 5.82 Å². The molecule has 0 aliphatic carbocycles. The van der Waals surface area contributed by atoms with Crippen molar-refractivity contribution in [3.8, 4) is 17.9 Å². The first kappa shape index (κ1) is 9.50. The monoisotopic (exact) mass is 192 g/mol. The Bertz CT molecular complexity index is 391. The zero-order valence-electron chi connectivity index (χ0n) is 6.83. The number of aromatic nitrogens is 2. The molecule has 5 heteroatoms. The first-order valence-corrected chi connectivity index (χ1v) is 4.26. The van der Waals surface area contributed by atoms with Crippen molar-refractivity contribution in [1.82, 2.24) is 10.2 Å². The fraction of sp³-hybridized carbons (Fsp3) is 0.250. The molecule has 0 spiro atoms. The van der Waals surface area contributed by atoms with Crippen LogP contribution >= 0.6 is 12.6 Å². The lowest BCUT2D eigenvalue weighted by Crippen LogP contribution is -1.87. The number of hydrogen-bond acceptors (Lipinski definition) is 4. The van der Waals surface area contributed by atoms with E-state index in [-0.39, 0.29) is 5.82 Å². The number of nitriles is 1. The van der Waals surface area contributed by atoms with Gasteiger partial charge in [0.15, 0.2) is 5.82 Å². The van der Waals surface area contributed by atoms with Gasteiger partial charge < -0.3 is 5.73 Å². The quantitative estimate of drug-likeness (QED) is 0.448. The van der Waals surface area contributed by atoms with Gasteiger partial charge in [0.25, 0.3) is 0 Å². The molecule has 0 radical (unpaired) electrons. The van der Waals surface area contributed by atoms with Gasteiger partial charge in [0.05, 0.1) is 0 Å². The molecular weight excluding hydrogens is 184 g/mol. The fourth-order valence-corrected chi connectivity index (χ4v) is 0.878. The lowest BCUT2D eigenvalue weighted by atomic mass is 10.2. The Hall–Kier alpha value is -1.59. The first-order chi connectivity index (χ1) is 6.29. The molecule has 0 aromatic carbocycles. The number of nitrogens with zero attached hydrogens (tertiary/aromatic N) is 2. The van der Waals surface area contributed by atoms with Gasteiger partial charge in [-0.1, -0.05) is 5.92 Å². The Morgan fingerprint density at radius 3 is 3.00 bits per heavy atom. The van der Waals surface area contributed by atoms with Crippen LogP contribution in [-0.4, -0.2) is 16.0 Å². The maximum atomic E-state index is 8.67. The van der Waals surface area contributed by atoms with Crippen LogP contribution < -0.4 is 5.73 Å². The van der Waals surface area contributed by atoms with E-state index in [0.29, 0.717) is 23.4 Å². The lowest BCUT2D eigenvalue weighted by Gasteiger charge is -1.83. The van der Waals surface area contributed by atoms with E-state index >= 15 is 0 Å². The van der Waals surface area contributed by atoms with Crippen molar-refractivity contribution in [2.24, 2.45) is 0 Å². The van der Waals surface area contributed by atoms with E-state index in [4.69, 9.17) is 11.0 Å². The maximum Gasteiger partial charge on any atom is 0.164 e. The number of thiol groups is 1. The lowest BCUT2D eigenvalue weighted by molar-refractivity contribution is 1.08. The summed E-state index contributed by atoms with van der Waals surface area (Å²) in [7, 11) is 0. The summed E-state index contributed by atoms with van der Waals surface area (Å²) in [6.45, 7) is 0. The Morgan fingerprint density at radius 2 is 2.38 bits per heavy atom. The molecule has 0 saturated heterocycles. The smallest absolute Gasteiger partial charge is 0.164 e. The summed E-state index contributed by atoms with van der Waals surface area (Å²) in [5.41, 5.74) is 6.19. The molecule has 1 aromatic heterocycles. The van der Waals surface area contributed by atoms with Crippen LogP contribution in [0.5, 0.6) is 0 Å². The first-order valence-electron chi connectivity index (χ1n) is 3.63. The Kier molecular flexibility index (Phi) is 3.24. The van der Waals surface area contributed by atoms with E-state index in [1.165, 1.54) is 0 Å². The zero-order chi connectivity index (χ0) is 9.68. The molecule has 4 nitrogen and oxygen atoms in total. The second kappa shape index (κ2) is 4.44. The van der Waals surface area contributed by atoms with Crippen molar-refractivity contribution < 1.29 is 0 Å². The SMILES string of the molecule is N#Cc1c(N)n[nH]c1C#CCCS. The van der Waals surface area contributed by atoms with Gasteiger partial charge in [-0.3, -0.25) is 5.10 Å². The molecule has 0 fully saturated rings. The van der Waals surface area contributed by atoms with Crippen LogP contribution in [0, 0.1) is 23.2 Å². The zero-order valence-corrected chi connectivity index (χ0v) is 7.73. The van der Waals surface area contributed by atoms with Gasteiger partial charge in [0.1, 0.15) is 17.3 Å². The summed E-state index contributed by atoms with van der Waals surface area (Å²) < 4.78 is 0. The highest BCUT2D eigenvalue weighted by Crippen LogP contribution is 2.09. The van der Waals surface area contributed by atoms with E-state index in [0.717, 1.165) is 0 Å². The van der Waals surface area contributed by atoms with Gasteiger partial charge in [0, 0.05) is 12.2 Å². The van der Waals surface area contributed by atoms with E-state index in [9.17, 15) is 0 Å². The Labute approximate surface area is 81.5 Å². The van der Waals surface area contributed by atoms with Crippen molar-refractivity contribution in [1.29, 1.82) is 5.26 Å². The van der Waals surface area contributed by atoms with Crippen molar-refractivity contribution in [2.75, 3.05) is 11.5 Å². The van der Waals surface area contributed by atoms with E-state index in [1.807, 2.05) is 6.07 Å². The van der Waals surface area contributed by atoms with Crippen LogP contribution in [0.15, 0.2) is 0 Å². The van der Waals surface area contributed by atoms with Gasteiger partial charge in [-0.15, -0.1) is 0 Å². The molecule has 1 rings (SSSR count). The predicted molar refractivity (Wildman–Crippen MR) is 53.1 cm³/mol. The van der Waals surface area contributed by atoms with Crippen LogP contribution in [0.3, 0.4) is 0 Å². The van der Waals surface area contributed by atoms with Gasteiger partial charge >= 0.3 is 0 Å². The summed E-state index contributed by atoms with van der Waals surface area (Å²) in [6, 6.07) is 1.93. The van der Waals surface area contributed by atoms with Gasteiger partial charge in [0.2, 0.25) is 0 Å². The third-order valence-electron chi connectivity index (χ3n) is 1.36. The number of hydrogen-bond donors (Lipinski definition) is 3. The number of H-pyrrole nitrogens is 1. The molecule has 66 valence electrons. The van der Waals surface area contributed by atoms with Crippen molar-refractivity contribution >= 4 is 18.4 Å². The normalized spacial score (nSPS) is 8.62. The van der Waals surface area contributed by atoms with Crippen molar-refractivity contribution in [3.05, 3.63) is 11.3 Å². The number of nitrogens with one attached hydrogen (secondary N) is 1. The molecular formula is C8H8N4S. The Morgan fingerprint density at radius 1 is 1.62 bits per heavy atom. The molecule has 0 bridgehead atoms. The predicted octanol–water partition coefficient (Wildman–Crippen LogP) is 0.535. The summed E-state index contributed by atoms with van der Waals surface area (Å²) in [5.74, 6) is 6.49. The number of aromatic amines is 1. The van der Waals surface area contributed by atoms with E-state index < -0.39 is 0 Å². The average Bonchev–Trinajstić information content (AvgIpc) is 2.47. The molecule has 1 aromatic rings. The fourth-order valence-electron chi connectivity index (χ4n) is 0.766. The third kappa shape index (κ3) is 2.17. The highest BCUT2D eigenvalue weighted by Gasteiger charge is 2.06. The number of rotatable bonds is 1. The highest BCUT2D eigenvalue weighted by molar-refractivity contribution is 7.80. The second-order valence-electron chi connectivity index (χ2n) is 2.25. The summed E-state index contributed by atoms with van der Waals surface area (Å²) in [4.78, 5) is 0. The molecule has 0 aliphatic heterocycles. The number of nitrogen functional groups attached to an aromatic ring is 1. The standard InChI is InChI=1S/C8H8N4S/c9-5-6-7(3-1-2-4-13)11-12-8(6)10/h13H,2,4H2,(H3,10,11,12). The Balaban J connectivity index is 2.92. The highest BCUT2D eigenvalue weighted by atomic mass is 32.1. The number of anilines is 1. The van der Waals surface area contributed by atoms with Crippen LogP contribution in [0.1, 0.15) is 17.7 Å². The third-order valence-corrected chi connectivity index (χ3v) is 1.58. The average molecular weight is 192 g/mol. The van der Waals surface area contributed by atoms with Crippen molar-refractivity contribution in [3.63, 3.8) is 0 Å². The van der Waals surface area contributed by atoms with E-state index in [1.54, 1.807) is 0 Å². The number of nitrogens with two attached hydrogens (primary N) is 1. The van der Waals surface area contributed by atoms with Crippen molar-refractivity contribution in [2.45, 2.75) is 6.42 Å². The van der Waals surface area contributed by atoms with Crippen LogP contribution in [0.25, 0.3) is 0 Å². The molecule has 0 atom stereocenters. The van der Waals surface area contributed by atoms with Crippen LogP contribution in [-0.2, 0) is 0 Å². The van der Waals surface area contributed by atoms with Gasteiger partial charge in [-0.05, 0) is 5.92 Å². The minimum Gasteiger partial charge on any atom is -0.381 e. The van der Waals surface area contributed by atoms with Gasteiger partial charge in [-0.25, -0.2) is 0 Å². The molecule has 3 N–H and O–H groups in total. The largest absolute Gasteiger partial charge is 0.381 e. The molecule has 1 heterocycles. The molecule has 0 amide bonds. The molecule has 0 unspecified atom stereocenters. The summed E-state index contributed by atoms with van der Waals surface area (Å²) in [6.07, 6.45) is 0.674. The minimum atomic E-state index is 0.192. The second-order valence-corrected chi connectivity index (χ2v) is 2.69. The van der Waals surface area contributed by atoms with E-state index in [2.05, 4.69) is 34.7 Å². The summed E-state index contributed by atoms with van der Waals surface area (Å²) in [5, 5.41) is 14.9. The molecule has 13 heavy (non-hydrogen) atoms. The van der Waals surface area contributed by atoms with Gasteiger partial charge in [-0.2, -0.15) is 23.0 Å². The molecule has 0 aliphatic rings. The van der Waals surface area contributed by atoms with Crippen LogP contribution in [0.2, 0.25) is 0 Å². The summed E-state index contributed by atoms with van der Waals surface area (Å²) >= 11 is 4.00. The molecule has 0 saturated carbocycles. The minimum absolute atomic E-state index is 0.192.